The number of para-hydroxylation sites is 1. The van der Waals surface area contributed by atoms with E-state index in [1.54, 1.807) is 4.68 Å². The molecule has 204 valence electrons. The molecular weight excluding hydrogens is 486 g/mol. The SMILES string of the molecule is CCN1CCN(Cc2cc(C(c3ccc4c(nnn4C)c3C)C(C)(C)C(=O)O)ccc2C)Cc2ccccc21. The van der Waals surface area contributed by atoms with Gasteiger partial charge in [-0.05, 0) is 80.1 Å². The number of likely N-dealkylation sites (N-methyl/N-ethyl adjacent to an activating group) is 1. The maximum atomic E-state index is 12.6. The molecule has 1 aliphatic rings. The van der Waals surface area contributed by atoms with E-state index in [1.807, 2.05) is 33.9 Å². The molecule has 0 aliphatic carbocycles. The average Bonchev–Trinajstić information content (AvgIpc) is 3.19. The number of carboxylic acids is 1. The molecule has 0 spiro atoms. The first-order valence-electron chi connectivity index (χ1n) is 13.8. The summed E-state index contributed by atoms with van der Waals surface area (Å²) in [4.78, 5) is 17.6. The van der Waals surface area contributed by atoms with Crippen LogP contribution in [0.25, 0.3) is 11.0 Å². The molecule has 7 heteroatoms. The molecule has 0 amide bonds. The number of aromatic nitrogens is 3. The molecule has 0 fully saturated rings. The van der Waals surface area contributed by atoms with Crippen molar-refractivity contribution < 1.29 is 9.90 Å². The van der Waals surface area contributed by atoms with E-state index in [0.717, 1.165) is 60.4 Å². The third-order valence-electron chi connectivity index (χ3n) is 8.56. The molecule has 1 aromatic heterocycles. The number of aliphatic carboxylic acids is 1. The van der Waals surface area contributed by atoms with Gasteiger partial charge in [-0.1, -0.05) is 47.7 Å². The molecule has 4 aromatic rings. The molecule has 3 aromatic carbocycles. The lowest BCUT2D eigenvalue weighted by molar-refractivity contribution is -0.147. The van der Waals surface area contributed by atoms with Crippen LogP contribution in [0, 0.1) is 19.3 Å². The van der Waals surface area contributed by atoms with Gasteiger partial charge in [0.05, 0.1) is 10.9 Å². The standard InChI is InChI=1S/C32H39N5O2/c1-7-37-17-16-36(19-24-10-8-9-11-27(24)37)20-25-18-23(13-12-21(25)2)29(32(4,5)31(38)39)26-14-15-28-30(22(26)3)33-34-35(28)6/h8-15,18,29H,7,16-17,19-20H2,1-6H3,(H,38,39). The second kappa shape index (κ2) is 10.5. The molecular formula is C32H39N5O2. The minimum absolute atomic E-state index is 0.346. The summed E-state index contributed by atoms with van der Waals surface area (Å²) in [5, 5.41) is 18.9. The first kappa shape index (κ1) is 26.9. The van der Waals surface area contributed by atoms with Gasteiger partial charge in [0.2, 0.25) is 0 Å². The quantitative estimate of drug-likeness (QED) is 0.335. The number of carbonyl (C=O) groups is 1. The number of rotatable bonds is 7. The number of fused-ring (bicyclic) bond motifs is 2. The number of benzene rings is 3. The highest BCUT2D eigenvalue weighted by Gasteiger charge is 2.40. The van der Waals surface area contributed by atoms with Crippen molar-refractivity contribution >= 4 is 22.7 Å². The Morgan fingerprint density at radius 2 is 1.85 bits per heavy atom. The van der Waals surface area contributed by atoms with E-state index in [-0.39, 0.29) is 5.92 Å². The largest absolute Gasteiger partial charge is 0.481 e. The van der Waals surface area contributed by atoms with Crippen LogP contribution >= 0.6 is 0 Å². The molecule has 1 atom stereocenters. The number of nitrogens with zero attached hydrogens (tertiary/aromatic N) is 5. The summed E-state index contributed by atoms with van der Waals surface area (Å²) in [5.74, 6) is -1.17. The van der Waals surface area contributed by atoms with Gasteiger partial charge in [0.25, 0.3) is 0 Å². The van der Waals surface area contributed by atoms with Crippen LogP contribution in [0.2, 0.25) is 0 Å². The molecule has 5 rings (SSSR count). The van der Waals surface area contributed by atoms with E-state index in [9.17, 15) is 9.90 Å². The Balaban J connectivity index is 1.54. The Labute approximate surface area is 231 Å². The highest BCUT2D eigenvalue weighted by Crippen LogP contribution is 2.44. The van der Waals surface area contributed by atoms with Crippen molar-refractivity contribution in [3.05, 3.63) is 88.0 Å². The first-order valence-corrected chi connectivity index (χ1v) is 13.8. The van der Waals surface area contributed by atoms with Gasteiger partial charge in [0, 0.05) is 51.4 Å². The Morgan fingerprint density at radius 1 is 1.08 bits per heavy atom. The molecule has 1 N–H and O–H groups in total. The third-order valence-corrected chi connectivity index (χ3v) is 8.56. The molecule has 1 unspecified atom stereocenters. The lowest BCUT2D eigenvalue weighted by atomic mass is 9.69. The minimum atomic E-state index is -1.03. The smallest absolute Gasteiger partial charge is 0.310 e. The second-order valence-electron chi connectivity index (χ2n) is 11.4. The normalized spacial score (nSPS) is 15.3. The van der Waals surface area contributed by atoms with E-state index < -0.39 is 11.4 Å². The van der Waals surface area contributed by atoms with Crippen LogP contribution in [0.1, 0.15) is 60.1 Å². The van der Waals surface area contributed by atoms with Crippen LogP contribution in [0.15, 0.2) is 54.6 Å². The number of carboxylic acid groups (broad SMARTS) is 1. The van der Waals surface area contributed by atoms with Crippen LogP contribution in [0.3, 0.4) is 0 Å². The molecule has 7 nitrogen and oxygen atoms in total. The fourth-order valence-corrected chi connectivity index (χ4v) is 6.07. The highest BCUT2D eigenvalue weighted by molar-refractivity contribution is 5.81. The van der Waals surface area contributed by atoms with Crippen LogP contribution in [0.4, 0.5) is 5.69 Å². The summed E-state index contributed by atoms with van der Waals surface area (Å²) in [7, 11) is 1.88. The molecule has 0 bridgehead atoms. The Bertz CT molecular complexity index is 1520. The summed E-state index contributed by atoms with van der Waals surface area (Å²) in [6.07, 6.45) is 0. The zero-order valence-electron chi connectivity index (χ0n) is 23.9. The van der Waals surface area contributed by atoms with Crippen LogP contribution in [-0.2, 0) is 24.9 Å². The molecule has 2 heterocycles. The van der Waals surface area contributed by atoms with E-state index in [0.29, 0.717) is 0 Å². The van der Waals surface area contributed by atoms with Crippen molar-refractivity contribution in [3.8, 4) is 0 Å². The zero-order valence-corrected chi connectivity index (χ0v) is 23.9. The number of aryl methyl sites for hydroxylation is 3. The number of anilines is 1. The van der Waals surface area contributed by atoms with Gasteiger partial charge in [-0.3, -0.25) is 9.69 Å². The highest BCUT2D eigenvalue weighted by atomic mass is 16.4. The number of hydrogen-bond donors (Lipinski definition) is 1. The van der Waals surface area contributed by atoms with Crippen molar-refractivity contribution in [3.63, 3.8) is 0 Å². The van der Waals surface area contributed by atoms with E-state index in [1.165, 1.54) is 22.4 Å². The van der Waals surface area contributed by atoms with Crippen LogP contribution in [-0.4, -0.2) is 50.6 Å². The predicted molar refractivity (Wildman–Crippen MR) is 156 cm³/mol. The molecule has 0 saturated heterocycles. The topological polar surface area (TPSA) is 74.5 Å². The summed E-state index contributed by atoms with van der Waals surface area (Å²) >= 11 is 0. The molecule has 39 heavy (non-hydrogen) atoms. The molecule has 0 saturated carbocycles. The summed E-state index contributed by atoms with van der Waals surface area (Å²) in [5.41, 5.74) is 8.83. The molecule has 1 aliphatic heterocycles. The number of hydrogen-bond acceptors (Lipinski definition) is 5. The van der Waals surface area contributed by atoms with Gasteiger partial charge < -0.3 is 10.0 Å². The van der Waals surface area contributed by atoms with Crippen LogP contribution in [0.5, 0.6) is 0 Å². The fraction of sp³-hybridized carbons (Fsp3) is 0.406. The summed E-state index contributed by atoms with van der Waals surface area (Å²) in [6, 6.07) is 19.2. The second-order valence-corrected chi connectivity index (χ2v) is 11.4. The molecule has 0 radical (unpaired) electrons. The Hall–Kier alpha value is -3.71. The summed E-state index contributed by atoms with van der Waals surface area (Å²) in [6.45, 7) is 14.7. The maximum Gasteiger partial charge on any atom is 0.310 e. The van der Waals surface area contributed by atoms with Crippen molar-refractivity contribution in [2.24, 2.45) is 12.5 Å². The van der Waals surface area contributed by atoms with Gasteiger partial charge in [0.15, 0.2) is 0 Å². The third kappa shape index (κ3) is 4.91. The minimum Gasteiger partial charge on any atom is -0.481 e. The summed E-state index contributed by atoms with van der Waals surface area (Å²) < 4.78 is 1.76. The lowest BCUT2D eigenvalue weighted by Gasteiger charge is -2.33. The first-order chi connectivity index (χ1) is 18.6. The van der Waals surface area contributed by atoms with Crippen molar-refractivity contribution in [1.82, 2.24) is 19.9 Å². The zero-order chi connectivity index (χ0) is 27.9. The van der Waals surface area contributed by atoms with Crippen molar-refractivity contribution in [2.75, 3.05) is 24.5 Å². The van der Waals surface area contributed by atoms with Gasteiger partial charge in [0.1, 0.15) is 5.52 Å². The van der Waals surface area contributed by atoms with Crippen LogP contribution < -0.4 is 4.90 Å². The van der Waals surface area contributed by atoms with Gasteiger partial charge in [-0.15, -0.1) is 5.10 Å². The Morgan fingerprint density at radius 3 is 2.59 bits per heavy atom. The van der Waals surface area contributed by atoms with Gasteiger partial charge >= 0.3 is 5.97 Å². The monoisotopic (exact) mass is 525 g/mol. The van der Waals surface area contributed by atoms with Gasteiger partial charge in [-0.2, -0.15) is 0 Å². The van der Waals surface area contributed by atoms with E-state index >= 15 is 0 Å². The Kier molecular flexibility index (Phi) is 7.21. The van der Waals surface area contributed by atoms with Crippen molar-refractivity contribution in [1.29, 1.82) is 0 Å². The average molecular weight is 526 g/mol. The van der Waals surface area contributed by atoms with E-state index in [4.69, 9.17) is 0 Å². The predicted octanol–water partition coefficient (Wildman–Crippen LogP) is 5.67. The van der Waals surface area contributed by atoms with E-state index in [2.05, 4.69) is 82.5 Å². The lowest BCUT2D eigenvalue weighted by Crippen LogP contribution is -2.33. The fourth-order valence-electron chi connectivity index (χ4n) is 6.07. The van der Waals surface area contributed by atoms with Gasteiger partial charge in [-0.25, -0.2) is 4.68 Å². The van der Waals surface area contributed by atoms with Crippen molar-refractivity contribution in [2.45, 2.75) is 53.6 Å². The maximum absolute atomic E-state index is 12.6.